The van der Waals surface area contributed by atoms with Crippen LogP contribution in [0.25, 0.3) is 0 Å². The Hall–Kier alpha value is -1.10. The molecule has 3 nitrogen and oxygen atoms in total. The van der Waals surface area contributed by atoms with E-state index in [1.807, 2.05) is 0 Å². The van der Waals surface area contributed by atoms with Crippen LogP contribution in [-0.2, 0) is 4.79 Å². The van der Waals surface area contributed by atoms with E-state index < -0.39 is 18.7 Å². The molecule has 1 atom stereocenters. The molecule has 1 aromatic carbocycles. The molecule has 1 unspecified atom stereocenters. The normalized spacial score (nSPS) is 12.1. The number of carbonyl (C=O) groups is 1. The molecular formula is C9H8BrFO3. The highest BCUT2D eigenvalue weighted by Gasteiger charge is 2.15. The molecule has 1 aromatic rings. The average molecular weight is 263 g/mol. The van der Waals surface area contributed by atoms with Gasteiger partial charge in [-0.25, -0.2) is 9.18 Å². The molecule has 0 aliphatic heterocycles. The van der Waals surface area contributed by atoms with Crippen molar-refractivity contribution in [1.29, 1.82) is 0 Å². The number of halogens is 2. The van der Waals surface area contributed by atoms with Gasteiger partial charge in [-0.15, -0.1) is 0 Å². The Morgan fingerprint density at radius 1 is 1.50 bits per heavy atom. The third-order valence-corrected chi connectivity index (χ3v) is 2.01. The van der Waals surface area contributed by atoms with Gasteiger partial charge < -0.3 is 9.84 Å². The lowest BCUT2D eigenvalue weighted by atomic mass is 10.3. The van der Waals surface area contributed by atoms with E-state index in [2.05, 4.69) is 15.9 Å². The van der Waals surface area contributed by atoms with Crippen molar-refractivity contribution in [2.45, 2.75) is 6.17 Å². The van der Waals surface area contributed by atoms with E-state index in [0.29, 0.717) is 5.75 Å². The van der Waals surface area contributed by atoms with E-state index >= 15 is 0 Å². The first kappa shape index (κ1) is 11.0. The first-order valence-electron chi connectivity index (χ1n) is 3.85. The molecule has 76 valence electrons. The van der Waals surface area contributed by atoms with E-state index in [1.165, 1.54) is 0 Å². The summed E-state index contributed by atoms with van der Waals surface area (Å²) in [6, 6.07) is 6.70. The first-order valence-corrected chi connectivity index (χ1v) is 4.64. The molecule has 1 rings (SSSR count). The van der Waals surface area contributed by atoms with E-state index in [1.54, 1.807) is 24.3 Å². The topological polar surface area (TPSA) is 46.5 Å². The zero-order chi connectivity index (χ0) is 10.6. The minimum absolute atomic E-state index is 0.442. The molecule has 0 aromatic heterocycles. The molecule has 14 heavy (non-hydrogen) atoms. The van der Waals surface area contributed by atoms with Crippen molar-refractivity contribution in [2.75, 3.05) is 6.61 Å². The Balaban J connectivity index is 2.46. The summed E-state index contributed by atoms with van der Waals surface area (Å²) in [7, 11) is 0. The van der Waals surface area contributed by atoms with Crippen LogP contribution in [0.4, 0.5) is 4.39 Å². The molecule has 0 fully saturated rings. The molecule has 0 saturated carbocycles. The van der Waals surface area contributed by atoms with Crippen LogP contribution in [-0.4, -0.2) is 23.9 Å². The molecule has 1 N–H and O–H groups in total. The highest BCUT2D eigenvalue weighted by molar-refractivity contribution is 9.10. The standard InChI is InChI=1S/C9H8BrFO3/c10-6-1-3-7(4-2-6)14-5-8(11)9(12)13/h1-4,8H,5H2,(H,12,13). The fourth-order valence-electron chi connectivity index (χ4n) is 0.771. The zero-order valence-electron chi connectivity index (χ0n) is 7.11. The van der Waals surface area contributed by atoms with Crippen LogP contribution >= 0.6 is 15.9 Å². The van der Waals surface area contributed by atoms with E-state index in [-0.39, 0.29) is 0 Å². The summed E-state index contributed by atoms with van der Waals surface area (Å²) in [6.07, 6.45) is -1.99. The van der Waals surface area contributed by atoms with Gasteiger partial charge in [0.05, 0.1) is 0 Å². The molecule has 0 aliphatic carbocycles. The number of carboxylic acids is 1. The Morgan fingerprint density at radius 2 is 2.07 bits per heavy atom. The van der Waals surface area contributed by atoms with Crippen LogP contribution in [0.15, 0.2) is 28.7 Å². The summed E-state index contributed by atoms with van der Waals surface area (Å²) < 4.78 is 18.3. The van der Waals surface area contributed by atoms with Gasteiger partial charge in [0.15, 0.2) is 0 Å². The van der Waals surface area contributed by atoms with Crippen LogP contribution in [0, 0.1) is 0 Å². The fraction of sp³-hybridized carbons (Fsp3) is 0.222. The minimum Gasteiger partial charge on any atom is -0.490 e. The van der Waals surface area contributed by atoms with Gasteiger partial charge in [0.2, 0.25) is 6.17 Å². The Morgan fingerprint density at radius 3 is 2.57 bits per heavy atom. The second-order valence-electron chi connectivity index (χ2n) is 2.57. The van der Waals surface area contributed by atoms with Crippen LogP contribution in [0.3, 0.4) is 0 Å². The number of carboxylic acid groups (broad SMARTS) is 1. The molecule has 5 heteroatoms. The highest BCUT2D eigenvalue weighted by atomic mass is 79.9. The maximum Gasteiger partial charge on any atom is 0.341 e. The van der Waals surface area contributed by atoms with Gasteiger partial charge >= 0.3 is 5.97 Å². The number of rotatable bonds is 4. The zero-order valence-corrected chi connectivity index (χ0v) is 8.70. The quantitative estimate of drug-likeness (QED) is 0.906. The smallest absolute Gasteiger partial charge is 0.341 e. The number of benzene rings is 1. The number of ether oxygens (including phenoxy) is 1. The predicted octanol–water partition coefficient (Wildman–Crippen LogP) is 2.25. The fourth-order valence-corrected chi connectivity index (χ4v) is 1.04. The molecular weight excluding hydrogens is 255 g/mol. The van der Waals surface area contributed by atoms with Gasteiger partial charge in [-0.2, -0.15) is 0 Å². The molecule has 0 radical (unpaired) electrons. The minimum atomic E-state index is -1.99. The van der Waals surface area contributed by atoms with Crippen molar-refractivity contribution in [3.05, 3.63) is 28.7 Å². The van der Waals surface area contributed by atoms with E-state index in [9.17, 15) is 9.18 Å². The van der Waals surface area contributed by atoms with Gasteiger partial charge in [0, 0.05) is 4.47 Å². The van der Waals surface area contributed by atoms with Crippen LogP contribution in [0.1, 0.15) is 0 Å². The number of hydrogen-bond donors (Lipinski definition) is 1. The summed E-state index contributed by atoms with van der Waals surface area (Å²) in [4.78, 5) is 10.1. The van der Waals surface area contributed by atoms with Crippen molar-refractivity contribution in [1.82, 2.24) is 0 Å². The lowest BCUT2D eigenvalue weighted by Gasteiger charge is -2.06. The summed E-state index contributed by atoms with van der Waals surface area (Å²) in [5.74, 6) is -1.07. The van der Waals surface area contributed by atoms with Gasteiger partial charge in [0.1, 0.15) is 12.4 Å². The molecule has 0 bridgehead atoms. The highest BCUT2D eigenvalue weighted by Crippen LogP contribution is 2.16. The SMILES string of the molecule is O=C(O)C(F)COc1ccc(Br)cc1. The number of alkyl halides is 1. The summed E-state index contributed by atoms with van der Waals surface area (Å²) in [6.45, 7) is -0.475. The lowest BCUT2D eigenvalue weighted by molar-refractivity contribution is -0.143. The monoisotopic (exact) mass is 262 g/mol. The van der Waals surface area contributed by atoms with Gasteiger partial charge in [-0.3, -0.25) is 0 Å². The van der Waals surface area contributed by atoms with E-state index in [4.69, 9.17) is 9.84 Å². The Kier molecular flexibility index (Phi) is 3.88. The first-order chi connectivity index (χ1) is 6.59. The second-order valence-corrected chi connectivity index (χ2v) is 3.49. The van der Waals surface area contributed by atoms with Crippen molar-refractivity contribution < 1.29 is 19.0 Å². The summed E-state index contributed by atoms with van der Waals surface area (Å²) >= 11 is 3.22. The third kappa shape index (κ3) is 3.33. The number of aliphatic carboxylic acids is 1. The molecule has 0 aliphatic rings. The van der Waals surface area contributed by atoms with Gasteiger partial charge in [0.25, 0.3) is 0 Å². The Labute approximate surface area is 88.6 Å². The second kappa shape index (κ2) is 4.95. The van der Waals surface area contributed by atoms with Crippen LogP contribution < -0.4 is 4.74 Å². The van der Waals surface area contributed by atoms with Crippen molar-refractivity contribution in [2.24, 2.45) is 0 Å². The summed E-state index contributed by atoms with van der Waals surface area (Å²) in [5.41, 5.74) is 0. The maximum absolute atomic E-state index is 12.6. The van der Waals surface area contributed by atoms with Crippen LogP contribution in [0.5, 0.6) is 5.75 Å². The van der Waals surface area contributed by atoms with Crippen molar-refractivity contribution >= 4 is 21.9 Å². The average Bonchev–Trinajstić information content (AvgIpc) is 2.16. The van der Waals surface area contributed by atoms with E-state index in [0.717, 1.165) is 4.47 Å². The molecule has 0 saturated heterocycles. The van der Waals surface area contributed by atoms with Crippen molar-refractivity contribution in [3.63, 3.8) is 0 Å². The number of hydrogen-bond acceptors (Lipinski definition) is 2. The van der Waals surface area contributed by atoms with Crippen LogP contribution in [0.2, 0.25) is 0 Å². The predicted molar refractivity (Wildman–Crippen MR) is 52.2 cm³/mol. The molecule has 0 spiro atoms. The largest absolute Gasteiger partial charge is 0.490 e. The van der Waals surface area contributed by atoms with Crippen molar-refractivity contribution in [3.8, 4) is 5.75 Å². The van der Waals surface area contributed by atoms with Gasteiger partial charge in [-0.05, 0) is 24.3 Å². The summed E-state index contributed by atoms with van der Waals surface area (Å²) in [5, 5.41) is 8.24. The third-order valence-electron chi connectivity index (χ3n) is 1.48. The maximum atomic E-state index is 12.6. The Bertz CT molecular complexity index is 312. The molecule has 0 amide bonds. The lowest BCUT2D eigenvalue weighted by Crippen LogP contribution is -2.22. The molecule has 0 heterocycles. The van der Waals surface area contributed by atoms with Gasteiger partial charge in [-0.1, -0.05) is 15.9 Å².